The number of esters is 3. The number of allylic oxidation sites excluding steroid dienone is 10. The van der Waals surface area contributed by atoms with Crippen LogP contribution in [0.15, 0.2) is 60.8 Å². The maximum Gasteiger partial charge on any atom is 0.306 e. The standard InChI is InChI=1S/C50H86O6/c1-4-7-10-13-16-19-22-24-25-26-29-31-34-37-40-43-49(52)55-46-47(56-50(53)44-41-38-35-32-27-21-18-15-12-9-6-3)45-54-48(51)42-39-36-33-30-28-23-20-17-14-11-8-5-2/h7,10,15-16,18-19,24-25,29,31,47H,4-6,8-9,11-14,17,20-23,26-28,30,32-46H2,1-3H3/b10-7-,18-15-,19-16-,25-24-,31-29-/t47-/m0/s1. The molecule has 0 aliphatic carbocycles. The number of unbranched alkanes of at least 4 members (excludes halogenated alkanes) is 20. The van der Waals surface area contributed by atoms with Crippen LogP contribution in [0.1, 0.15) is 220 Å². The first kappa shape index (κ1) is 53.1. The van der Waals surface area contributed by atoms with Crippen LogP contribution in [-0.4, -0.2) is 37.2 Å². The van der Waals surface area contributed by atoms with Crippen LogP contribution in [0, 0.1) is 0 Å². The smallest absolute Gasteiger partial charge is 0.306 e. The number of rotatable bonds is 41. The second-order valence-corrected chi connectivity index (χ2v) is 15.3. The molecular weight excluding hydrogens is 697 g/mol. The topological polar surface area (TPSA) is 78.9 Å². The largest absolute Gasteiger partial charge is 0.462 e. The van der Waals surface area contributed by atoms with Gasteiger partial charge in [-0.2, -0.15) is 0 Å². The van der Waals surface area contributed by atoms with Gasteiger partial charge in [0, 0.05) is 19.3 Å². The first-order chi connectivity index (χ1) is 27.5. The molecule has 322 valence electrons. The summed E-state index contributed by atoms with van der Waals surface area (Å²) >= 11 is 0. The zero-order chi connectivity index (χ0) is 40.8. The molecule has 0 spiro atoms. The number of ether oxygens (including phenoxy) is 3. The lowest BCUT2D eigenvalue weighted by Gasteiger charge is -2.18. The van der Waals surface area contributed by atoms with Gasteiger partial charge in [0.15, 0.2) is 6.10 Å². The van der Waals surface area contributed by atoms with Crippen LogP contribution < -0.4 is 0 Å². The van der Waals surface area contributed by atoms with Crippen LogP contribution in [0.2, 0.25) is 0 Å². The summed E-state index contributed by atoms with van der Waals surface area (Å²) in [7, 11) is 0. The third kappa shape index (κ3) is 42.3. The molecule has 0 saturated heterocycles. The Balaban J connectivity index is 4.44. The number of carbonyl (C=O) groups is 3. The first-order valence-corrected chi connectivity index (χ1v) is 23.3. The fourth-order valence-corrected chi connectivity index (χ4v) is 6.24. The fraction of sp³-hybridized carbons (Fsp3) is 0.740. The molecule has 0 unspecified atom stereocenters. The van der Waals surface area contributed by atoms with Crippen LogP contribution in [0.25, 0.3) is 0 Å². The van der Waals surface area contributed by atoms with Crippen LogP contribution in [0.4, 0.5) is 0 Å². The molecule has 56 heavy (non-hydrogen) atoms. The van der Waals surface area contributed by atoms with Crippen LogP contribution in [-0.2, 0) is 28.6 Å². The molecule has 0 radical (unpaired) electrons. The summed E-state index contributed by atoms with van der Waals surface area (Å²) in [6.07, 6.45) is 53.4. The van der Waals surface area contributed by atoms with E-state index >= 15 is 0 Å². The average molecular weight is 783 g/mol. The van der Waals surface area contributed by atoms with Crippen molar-refractivity contribution < 1.29 is 28.6 Å². The zero-order valence-corrected chi connectivity index (χ0v) is 36.6. The van der Waals surface area contributed by atoms with E-state index in [-0.39, 0.29) is 31.1 Å². The van der Waals surface area contributed by atoms with Crippen molar-refractivity contribution in [3.8, 4) is 0 Å². The molecule has 1 atom stereocenters. The van der Waals surface area contributed by atoms with E-state index < -0.39 is 6.10 Å². The Bertz CT molecular complexity index is 1040. The lowest BCUT2D eigenvalue weighted by atomic mass is 10.0. The van der Waals surface area contributed by atoms with Crippen LogP contribution >= 0.6 is 0 Å². The Kier molecular flexibility index (Phi) is 42.5. The molecule has 0 amide bonds. The van der Waals surface area contributed by atoms with Crippen molar-refractivity contribution in [2.24, 2.45) is 0 Å². The Labute approximate surface area is 345 Å². The molecule has 0 fully saturated rings. The second-order valence-electron chi connectivity index (χ2n) is 15.3. The van der Waals surface area contributed by atoms with Crippen molar-refractivity contribution in [1.29, 1.82) is 0 Å². The second kappa shape index (κ2) is 44.8. The van der Waals surface area contributed by atoms with E-state index in [4.69, 9.17) is 14.2 Å². The molecule has 0 aliphatic rings. The predicted molar refractivity (Wildman–Crippen MR) is 238 cm³/mol. The average Bonchev–Trinajstić information content (AvgIpc) is 3.19. The van der Waals surface area contributed by atoms with E-state index in [0.717, 1.165) is 96.3 Å². The lowest BCUT2D eigenvalue weighted by molar-refractivity contribution is -0.167. The molecule has 0 aromatic rings. The quantitative estimate of drug-likeness (QED) is 0.0266. The van der Waals surface area contributed by atoms with Crippen molar-refractivity contribution in [3.63, 3.8) is 0 Å². The monoisotopic (exact) mass is 783 g/mol. The first-order valence-electron chi connectivity index (χ1n) is 23.3. The van der Waals surface area contributed by atoms with Gasteiger partial charge >= 0.3 is 17.9 Å². The fourth-order valence-electron chi connectivity index (χ4n) is 6.24. The molecule has 0 saturated carbocycles. The number of hydrogen-bond acceptors (Lipinski definition) is 6. The minimum absolute atomic E-state index is 0.0896. The summed E-state index contributed by atoms with van der Waals surface area (Å²) in [4.78, 5) is 37.7. The van der Waals surface area contributed by atoms with Gasteiger partial charge in [-0.05, 0) is 77.0 Å². The molecule has 0 rings (SSSR count). The van der Waals surface area contributed by atoms with Gasteiger partial charge in [-0.15, -0.1) is 0 Å². The van der Waals surface area contributed by atoms with Crippen molar-refractivity contribution in [2.45, 2.75) is 226 Å². The lowest BCUT2D eigenvalue weighted by Crippen LogP contribution is -2.30. The Morgan fingerprint density at radius 2 is 0.714 bits per heavy atom. The summed E-state index contributed by atoms with van der Waals surface area (Å²) in [6.45, 7) is 6.43. The number of hydrogen-bond donors (Lipinski definition) is 0. The van der Waals surface area contributed by atoms with Crippen molar-refractivity contribution >= 4 is 17.9 Å². The van der Waals surface area contributed by atoms with Gasteiger partial charge in [-0.1, -0.05) is 184 Å². The highest BCUT2D eigenvalue weighted by atomic mass is 16.6. The van der Waals surface area contributed by atoms with Crippen molar-refractivity contribution in [2.75, 3.05) is 13.2 Å². The summed E-state index contributed by atoms with van der Waals surface area (Å²) in [6, 6.07) is 0. The van der Waals surface area contributed by atoms with Gasteiger partial charge in [0.25, 0.3) is 0 Å². The molecule has 0 aromatic heterocycles. The SMILES string of the molecule is CC/C=C\C/C=C\C/C=C\C/C=C\CCCCC(=O)OC[C@H](COC(=O)CCCCCCCCCCCCCC)OC(=O)CCCCCCC/C=C\CCCC. The van der Waals surface area contributed by atoms with Gasteiger partial charge in [0.05, 0.1) is 0 Å². The van der Waals surface area contributed by atoms with E-state index in [1.165, 1.54) is 83.5 Å². The highest BCUT2D eigenvalue weighted by molar-refractivity contribution is 5.71. The van der Waals surface area contributed by atoms with E-state index in [1.54, 1.807) is 0 Å². The number of carbonyl (C=O) groups excluding carboxylic acids is 3. The third-order valence-corrected chi connectivity index (χ3v) is 9.76. The summed E-state index contributed by atoms with van der Waals surface area (Å²) < 4.78 is 16.7. The van der Waals surface area contributed by atoms with Crippen LogP contribution in [0.5, 0.6) is 0 Å². The molecule has 0 aliphatic heterocycles. The minimum Gasteiger partial charge on any atom is -0.462 e. The molecule has 0 aromatic carbocycles. The highest BCUT2D eigenvalue weighted by Crippen LogP contribution is 2.14. The summed E-state index contributed by atoms with van der Waals surface area (Å²) in [5, 5.41) is 0. The molecule has 0 heterocycles. The normalized spacial score (nSPS) is 12.6. The highest BCUT2D eigenvalue weighted by Gasteiger charge is 2.19. The van der Waals surface area contributed by atoms with E-state index in [1.807, 2.05) is 0 Å². The van der Waals surface area contributed by atoms with Gasteiger partial charge < -0.3 is 14.2 Å². The van der Waals surface area contributed by atoms with Gasteiger partial charge in [-0.25, -0.2) is 0 Å². The van der Waals surface area contributed by atoms with Gasteiger partial charge in [0.2, 0.25) is 0 Å². The van der Waals surface area contributed by atoms with E-state index in [0.29, 0.717) is 19.3 Å². The third-order valence-electron chi connectivity index (χ3n) is 9.76. The minimum atomic E-state index is -0.791. The van der Waals surface area contributed by atoms with E-state index in [9.17, 15) is 14.4 Å². The summed E-state index contributed by atoms with van der Waals surface area (Å²) in [5.74, 6) is -0.945. The maximum atomic E-state index is 12.7. The predicted octanol–water partition coefficient (Wildman–Crippen LogP) is 14.9. The Hall–Kier alpha value is -2.89. The molecular formula is C50H86O6. The van der Waals surface area contributed by atoms with Crippen molar-refractivity contribution in [3.05, 3.63) is 60.8 Å². The zero-order valence-electron chi connectivity index (χ0n) is 36.6. The van der Waals surface area contributed by atoms with Crippen LogP contribution in [0.3, 0.4) is 0 Å². The maximum absolute atomic E-state index is 12.7. The van der Waals surface area contributed by atoms with Crippen molar-refractivity contribution in [1.82, 2.24) is 0 Å². The molecule has 0 N–H and O–H groups in total. The Morgan fingerprint density at radius 1 is 0.375 bits per heavy atom. The molecule has 0 bridgehead atoms. The van der Waals surface area contributed by atoms with Gasteiger partial charge in [0.1, 0.15) is 13.2 Å². The van der Waals surface area contributed by atoms with Gasteiger partial charge in [-0.3, -0.25) is 14.4 Å². The molecule has 6 heteroatoms. The van der Waals surface area contributed by atoms with E-state index in [2.05, 4.69) is 81.5 Å². The Morgan fingerprint density at radius 3 is 1.20 bits per heavy atom. The molecule has 6 nitrogen and oxygen atoms in total. The summed E-state index contributed by atoms with van der Waals surface area (Å²) in [5.41, 5.74) is 0.